The predicted molar refractivity (Wildman–Crippen MR) is 125 cm³/mol. The number of hydrogen-bond acceptors (Lipinski definition) is 12. The number of esters is 3. The Bertz CT molecular complexity index is 1250. The van der Waals surface area contributed by atoms with Gasteiger partial charge < -0.3 is 44.5 Å². The first-order valence-corrected chi connectivity index (χ1v) is 13.4. The first-order chi connectivity index (χ1) is 18.1. The molecule has 14 atom stereocenters. The molecule has 5 N–H and O–H groups in total. The monoisotopic (exact) mass is 550 g/mol. The second kappa shape index (κ2) is 7.03. The Hall–Kier alpha value is -2.09. The summed E-state index contributed by atoms with van der Waals surface area (Å²) in [5.74, 6) is -5.23. The molecule has 2 bridgehead atoms. The SMILES string of the molecule is COC(=O)[C@H](O)[C@H]1[C@@]2(C)CC3(O)[C@@H]4[C@@H](O[C@]56CC(=O)O[C@@H](C7=CC(=O)OC7O)[C@]5(C)CC[C@H]([C@@]13C)[C@]46O)[C@H]2O. The molecule has 0 aromatic rings. The molecular formula is C27H34O12. The zero-order chi connectivity index (χ0) is 28.3. The fourth-order valence-electron chi connectivity index (χ4n) is 11.2. The molecular weight excluding hydrogens is 516 g/mol. The summed E-state index contributed by atoms with van der Waals surface area (Å²) in [5.41, 5.74) is -8.88. The lowest BCUT2D eigenvalue weighted by molar-refractivity contribution is -0.293. The minimum absolute atomic E-state index is 0.00734. The van der Waals surface area contributed by atoms with Crippen LogP contribution in [0, 0.1) is 34.0 Å². The van der Waals surface area contributed by atoms with Crippen molar-refractivity contribution in [1.82, 2.24) is 0 Å². The van der Waals surface area contributed by atoms with E-state index in [0.29, 0.717) is 0 Å². The number of ether oxygens (including phenoxy) is 4. The van der Waals surface area contributed by atoms with Gasteiger partial charge in [-0.25, -0.2) is 9.59 Å². The van der Waals surface area contributed by atoms with Gasteiger partial charge in [-0.15, -0.1) is 0 Å². The van der Waals surface area contributed by atoms with E-state index in [1.165, 1.54) is 0 Å². The van der Waals surface area contributed by atoms with E-state index in [1.54, 1.807) is 20.8 Å². The van der Waals surface area contributed by atoms with Crippen molar-refractivity contribution in [3.63, 3.8) is 0 Å². The lowest BCUT2D eigenvalue weighted by Crippen LogP contribution is -2.74. The van der Waals surface area contributed by atoms with E-state index in [0.717, 1.165) is 13.2 Å². The van der Waals surface area contributed by atoms with Gasteiger partial charge in [0.1, 0.15) is 17.3 Å². The summed E-state index contributed by atoms with van der Waals surface area (Å²) in [6, 6.07) is 0. The van der Waals surface area contributed by atoms with Gasteiger partial charge in [-0.2, -0.15) is 0 Å². The number of carbonyl (C=O) groups excluding carboxylic acids is 3. The quantitative estimate of drug-likeness (QED) is 0.206. The zero-order valence-electron chi connectivity index (χ0n) is 22.1. The molecule has 214 valence electrons. The first kappa shape index (κ1) is 25.8. The highest BCUT2D eigenvalue weighted by atomic mass is 16.6. The van der Waals surface area contributed by atoms with E-state index in [2.05, 4.69) is 0 Å². The van der Waals surface area contributed by atoms with Gasteiger partial charge in [0.2, 0.25) is 6.29 Å². The van der Waals surface area contributed by atoms with Crippen molar-refractivity contribution in [3.05, 3.63) is 11.6 Å². The van der Waals surface area contributed by atoms with Crippen LogP contribution in [0.5, 0.6) is 0 Å². The Labute approximate surface area is 223 Å². The van der Waals surface area contributed by atoms with Crippen LogP contribution in [0.4, 0.5) is 0 Å². The molecule has 2 unspecified atom stereocenters. The fraction of sp³-hybridized carbons (Fsp3) is 0.815. The van der Waals surface area contributed by atoms with Crippen molar-refractivity contribution in [2.75, 3.05) is 7.11 Å². The Morgan fingerprint density at radius 2 is 1.85 bits per heavy atom. The molecule has 0 aromatic carbocycles. The summed E-state index contributed by atoms with van der Waals surface area (Å²) >= 11 is 0. The Balaban J connectivity index is 1.46. The third-order valence-corrected chi connectivity index (χ3v) is 12.4. The predicted octanol–water partition coefficient (Wildman–Crippen LogP) is -1.31. The molecule has 0 amide bonds. The highest BCUT2D eigenvalue weighted by Gasteiger charge is 2.95. The molecule has 7 rings (SSSR count). The minimum atomic E-state index is -1.89. The average molecular weight is 551 g/mol. The van der Waals surface area contributed by atoms with Crippen LogP contribution in [0.2, 0.25) is 0 Å². The minimum Gasteiger partial charge on any atom is -0.467 e. The van der Waals surface area contributed by atoms with Gasteiger partial charge >= 0.3 is 17.9 Å². The highest BCUT2D eigenvalue weighted by molar-refractivity contribution is 5.86. The summed E-state index contributed by atoms with van der Waals surface area (Å²) in [6.45, 7) is 5.20. The third kappa shape index (κ3) is 2.34. The number of aliphatic hydroxyl groups is 5. The summed E-state index contributed by atoms with van der Waals surface area (Å²) in [5, 5.41) is 59.2. The smallest absolute Gasteiger partial charge is 0.335 e. The maximum Gasteiger partial charge on any atom is 0.335 e. The van der Waals surface area contributed by atoms with Crippen molar-refractivity contribution >= 4 is 17.9 Å². The van der Waals surface area contributed by atoms with Crippen LogP contribution in [-0.2, 0) is 33.3 Å². The van der Waals surface area contributed by atoms with Crippen LogP contribution in [-0.4, -0.2) is 98.1 Å². The van der Waals surface area contributed by atoms with Gasteiger partial charge in [-0.3, -0.25) is 4.79 Å². The van der Waals surface area contributed by atoms with E-state index >= 15 is 0 Å². The van der Waals surface area contributed by atoms with Gasteiger partial charge in [-0.05, 0) is 25.2 Å². The zero-order valence-corrected chi connectivity index (χ0v) is 22.1. The second-order valence-electron chi connectivity index (χ2n) is 13.5. The number of fused-ring (bicyclic) bond motifs is 2. The number of carbonyl (C=O) groups is 3. The lowest BCUT2D eigenvalue weighted by atomic mass is 9.45. The lowest BCUT2D eigenvalue weighted by Gasteiger charge is -2.63. The highest BCUT2D eigenvalue weighted by Crippen LogP contribution is 2.85. The molecule has 12 heteroatoms. The van der Waals surface area contributed by atoms with Gasteiger partial charge in [0.15, 0.2) is 6.10 Å². The largest absolute Gasteiger partial charge is 0.467 e. The standard InChI is InChI=1S/C27H34O12/c1-22-9-25(34)17-15(18(22)31)39-26-8-13(29)37-19(10-7-12(28)38-20(10)32)23(26,2)6-5-11(27(17,26)35)24(25,3)16(22)14(30)21(33)36-4/h7,11,14-20,30-32,34-35H,5-6,8-9H2,1-4H3/t11-,14-,15-,16+,17+,18-,19+,20?,22-,23+,24+,25?,26-,27+/m1/s1. The molecule has 2 saturated heterocycles. The van der Waals surface area contributed by atoms with E-state index < -0.39 is 106 Å². The normalized spacial score (nSPS) is 58.9. The molecule has 4 aliphatic carbocycles. The van der Waals surface area contributed by atoms with E-state index in [-0.39, 0.29) is 24.8 Å². The summed E-state index contributed by atoms with van der Waals surface area (Å²) in [6.07, 6.45) is -5.75. The molecule has 12 nitrogen and oxygen atoms in total. The number of methoxy groups -OCH3 is 1. The molecule has 6 fully saturated rings. The average Bonchev–Trinajstić information content (AvgIpc) is 3.43. The molecule has 4 saturated carbocycles. The Morgan fingerprint density at radius 3 is 2.46 bits per heavy atom. The van der Waals surface area contributed by atoms with Gasteiger partial charge in [0.25, 0.3) is 0 Å². The maximum absolute atomic E-state index is 13.2. The molecule has 3 heterocycles. The molecule has 0 radical (unpaired) electrons. The Kier molecular flexibility index (Phi) is 4.66. The number of rotatable bonds is 3. The number of aliphatic hydroxyl groups excluding tert-OH is 3. The molecule has 7 aliphatic rings. The van der Waals surface area contributed by atoms with Crippen molar-refractivity contribution < 1.29 is 58.9 Å². The van der Waals surface area contributed by atoms with Crippen LogP contribution in [0.25, 0.3) is 0 Å². The van der Waals surface area contributed by atoms with Crippen molar-refractivity contribution in [2.24, 2.45) is 34.0 Å². The van der Waals surface area contributed by atoms with Gasteiger partial charge in [0.05, 0.1) is 31.3 Å². The fourth-order valence-corrected chi connectivity index (χ4v) is 11.2. The van der Waals surface area contributed by atoms with Crippen LogP contribution >= 0.6 is 0 Å². The van der Waals surface area contributed by atoms with Crippen molar-refractivity contribution in [2.45, 2.75) is 94.0 Å². The Morgan fingerprint density at radius 1 is 1.15 bits per heavy atom. The molecule has 0 aromatic heterocycles. The maximum atomic E-state index is 13.2. The van der Waals surface area contributed by atoms with E-state index in [1.807, 2.05) is 0 Å². The topological polar surface area (TPSA) is 189 Å². The van der Waals surface area contributed by atoms with E-state index in [9.17, 15) is 39.9 Å². The van der Waals surface area contributed by atoms with Crippen molar-refractivity contribution in [1.29, 1.82) is 0 Å². The molecule has 39 heavy (non-hydrogen) atoms. The number of hydrogen-bond donors (Lipinski definition) is 5. The van der Waals surface area contributed by atoms with Crippen LogP contribution in [0.3, 0.4) is 0 Å². The third-order valence-electron chi connectivity index (χ3n) is 12.4. The van der Waals surface area contributed by atoms with E-state index in [4.69, 9.17) is 18.9 Å². The molecule has 3 aliphatic heterocycles. The summed E-state index contributed by atoms with van der Waals surface area (Å²) in [7, 11) is 1.15. The van der Waals surface area contributed by atoms with Crippen molar-refractivity contribution in [3.8, 4) is 0 Å². The van der Waals surface area contributed by atoms with Crippen LogP contribution in [0.15, 0.2) is 11.6 Å². The second-order valence-corrected chi connectivity index (χ2v) is 13.5. The number of cyclic esters (lactones) is 2. The summed E-state index contributed by atoms with van der Waals surface area (Å²) in [4.78, 5) is 37.9. The van der Waals surface area contributed by atoms with Gasteiger partial charge in [-0.1, -0.05) is 20.8 Å². The molecule has 1 spiro atoms. The van der Waals surface area contributed by atoms with Crippen LogP contribution in [0.1, 0.15) is 46.5 Å². The first-order valence-electron chi connectivity index (χ1n) is 13.4. The summed E-state index contributed by atoms with van der Waals surface area (Å²) < 4.78 is 22.2. The van der Waals surface area contributed by atoms with Gasteiger partial charge in [0, 0.05) is 39.7 Å². The van der Waals surface area contributed by atoms with Crippen LogP contribution < -0.4 is 0 Å².